The first-order valence-corrected chi connectivity index (χ1v) is 7.71. The highest BCUT2D eigenvalue weighted by molar-refractivity contribution is 6.43. The number of nitrogens with zero attached hydrogens (tertiary/aromatic N) is 1. The van der Waals surface area contributed by atoms with E-state index in [1.165, 1.54) is 0 Å². The van der Waals surface area contributed by atoms with Gasteiger partial charge in [0.05, 0.1) is 15.1 Å². The van der Waals surface area contributed by atoms with E-state index in [1.54, 1.807) is 24.4 Å². The van der Waals surface area contributed by atoms with E-state index >= 15 is 0 Å². The van der Waals surface area contributed by atoms with E-state index in [4.69, 9.17) is 39.5 Å². The van der Waals surface area contributed by atoms with Crippen LogP contribution in [0.25, 0.3) is 0 Å². The molecule has 6 heteroatoms. The van der Waals surface area contributed by atoms with Crippen LogP contribution in [0.15, 0.2) is 30.5 Å². The Hall–Kier alpha value is -1.000. The van der Waals surface area contributed by atoms with E-state index < -0.39 is 0 Å². The smallest absolute Gasteiger partial charge is 0.219 e. The summed E-state index contributed by atoms with van der Waals surface area (Å²) in [6, 6.07) is 6.87. The van der Waals surface area contributed by atoms with Gasteiger partial charge in [0.25, 0.3) is 0 Å². The summed E-state index contributed by atoms with van der Waals surface area (Å²) in [7, 11) is 0. The summed E-state index contributed by atoms with van der Waals surface area (Å²) in [5.74, 6) is 0.880. The fourth-order valence-corrected chi connectivity index (χ4v) is 2.26. The Balaban J connectivity index is 2.05. The van der Waals surface area contributed by atoms with Crippen molar-refractivity contribution in [3.05, 3.63) is 51.1 Å². The molecule has 1 N–H and O–H groups in total. The lowest BCUT2D eigenvalue weighted by atomic mass is 10.3. The summed E-state index contributed by atoms with van der Waals surface area (Å²) in [5.41, 5.74) is 1.09. The zero-order valence-corrected chi connectivity index (χ0v) is 13.8. The molecule has 0 fully saturated rings. The van der Waals surface area contributed by atoms with Crippen LogP contribution in [0.4, 0.5) is 0 Å². The molecule has 112 valence electrons. The average Bonchev–Trinajstić information content (AvgIpc) is 2.47. The molecule has 0 saturated heterocycles. The zero-order chi connectivity index (χ0) is 15.2. The molecule has 0 bridgehead atoms. The lowest BCUT2D eigenvalue weighted by Gasteiger charge is -2.09. The van der Waals surface area contributed by atoms with Crippen molar-refractivity contribution >= 4 is 34.8 Å². The van der Waals surface area contributed by atoms with Crippen LogP contribution in [0.2, 0.25) is 15.1 Å². The van der Waals surface area contributed by atoms with Crippen LogP contribution < -0.4 is 10.1 Å². The largest absolute Gasteiger partial charge is 0.437 e. The number of halogens is 3. The van der Waals surface area contributed by atoms with Gasteiger partial charge in [-0.05, 0) is 24.6 Å². The number of nitrogens with one attached hydrogen (secondary N) is 1. The van der Waals surface area contributed by atoms with Gasteiger partial charge in [-0.2, -0.15) is 0 Å². The number of benzene rings is 1. The Labute approximate surface area is 139 Å². The monoisotopic (exact) mass is 344 g/mol. The summed E-state index contributed by atoms with van der Waals surface area (Å²) < 4.78 is 5.62. The molecular formula is C15H15Cl3N2O. The molecule has 1 heterocycles. The summed E-state index contributed by atoms with van der Waals surface area (Å²) in [5, 5.41) is 4.47. The van der Waals surface area contributed by atoms with Crippen molar-refractivity contribution in [2.45, 2.75) is 19.9 Å². The Bertz CT molecular complexity index is 603. The van der Waals surface area contributed by atoms with Crippen LogP contribution in [0.5, 0.6) is 11.6 Å². The minimum atomic E-state index is 0.386. The number of ether oxygens (including phenoxy) is 1. The predicted molar refractivity (Wildman–Crippen MR) is 87.8 cm³/mol. The van der Waals surface area contributed by atoms with Crippen molar-refractivity contribution in [2.75, 3.05) is 6.54 Å². The molecule has 0 atom stereocenters. The number of pyridine rings is 1. The lowest BCUT2D eigenvalue weighted by Crippen LogP contribution is -2.13. The molecule has 2 aromatic rings. The third-order valence-corrected chi connectivity index (χ3v) is 3.76. The van der Waals surface area contributed by atoms with Crippen molar-refractivity contribution in [3.8, 4) is 11.6 Å². The molecular weight excluding hydrogens is 331 g/mol. The van der Waals surface area contributed by atoms with Crippen molar-refractivity contribution < 1.29 is 4.74 Å². The molecule has 3 nitrogen and oxygen atoms in total. The average molecular weight is 346 g/mol. The van der Waals surface area contributed by atoms with Gasteiger partial charge in [0, 0.05) is 24.9 Å². The molecule has 1 aromatic heterocycles. The Morgan fingerprint density at radius 1 is 1.10 bits per heavy atom. The minimum Gasteiger partial charge on any atom is -0.437 e. The predicted octanol–water partition coefficient (Wildman–Crippen LogP) is 5.33. The zero-order valence-electron chi connectivity index (χ0n) is 11.5. The fraction of sp³-hybridized carbons (Fsp3) is 0.267. The van der Waals surface area contributed by atoms with Gasteiger partial charge in [-0.25, -0.2) is 4.98 Å². The molecule has 2 rings (SSSR count). The van der Waals surface area contributed by atoms with E-state index in [0.717, 1.165) is 25.1 Å². The number of aromatic nitrogens is 1. The number of hydrogen-bond acceptors (Lipinski definition) is 3. The highest BCUT2D eigenvalue weighted by Crippen LogP contribution is 2.35. The van der Waals surface area contributed by atoms with Gasteiger partial charge >= 0.3 is 0 Å². The van der Waals surface area contributed by atoms with Gasteiger partial charge in [0.1, 0.15) is 5.75 Å². The van der Waals surface area contributed by atoms with Crippen molar-refractivity contribution in [1.29, 1.82) is 0 Å². The van der Waals surface area contributed by atoms with E-state index in [0.29, 0.717) is 26.7 Å². The van der Waals surface area contributed by atoms with Crippen molar-refractivity contribution in [2.24, 2.45) is 0 Å². The molecule has 0 aliphatic carbocycles. The second-order valence-corrected chi connectivity index (χ2v) is 5.70. The normalized spacial score (nSPS) is 10.7. The maximum absolute atomic E-state index is 6.06. The SMILES string of the molecule is CCCNCc1ccc(Oc2cc(Cl)c(Cl)cc2Cl)nc1. The molecule has 1 aromatic carbocycles. The van der Waals surface area contributed by atoms with E-state index in [1.807, 2.05) is 6.07 Å². The molecule has 0 radical (unpaired) electrons. The highest BCUT2D eigenvalue weighted by Gasteiger charge is 2.08. The first kappa shape index (κ1) is 16.4. The Morgan fingerprint density at radius 2 is 1.86 bits per heavy atom. The second kappa shape index (κ2) is 7.85. The number of hydrogen-bond donors (Lipinski definition) is 1. The van der Waals surface area contributed by atoms with Gasteiger partial charge in [-0.3, -0.25) is 0 Å². The van der Waals surface area contributed by atoms with Gasteiger partial charge in [0.15, 0.2) is 0 Å². The van der Waals surface area contributed by atoms with Gasteiger partial charge in [0.2, 0.25) is 5.88 Å². The van der Waals surface area contributed by atoms with Crippen LogP contribution in [0.1, 0.15) is 18.9 Å². The Morgan fingerprint density at radius 3 is 2.52 bits per heavy atom. The van der Waals surface area contributed by atoms with Gasteiger partial charge < -0.3 is 10.1 Å². The molecule has 0 aliphatic heterocycles. The first-order chi connectivity index (χ1) is 10.1. The molecule has 0 aliphatic rings. The van der Waals surface area contributed by atoms with Crippen molar-refractivity contribution in [1.82, 2.24) is 10.3 Å². The minimum absolute atomic E-state index is 0.386. The summed E-state index contributed by atoms with van der Waals surface area (Å²) in [4.78, 5) is 4.25. The maximum atomic E-state index is 6.06. The standard InChI is InChI=1S/C15H15Cl3N2O/c1-2-5-19-8-10-3-4-15(20-9-10)21-14-7-12(17)11(16)6-13(14)18/h3-4,6-7,9,19H,2,5,8H2,1H3. The Kier molecular flexibility index (Phi) is 6.12. The van der Waals surface area contributed by atoms with E-state index in [9.17, 15) is 0 Å². The number of rotatable bonds is 6. The summed E-state index contributed by atoms with van der Waals surface area (Å²) >= 11 is 17.9. The topological polar surface area (TPSA) is 34.1 Å². The van der Waals surface area contributed by atoms with Crippen LogP contribution in [0.3, 0.4) is 0 Å². The quantitative estimate of drug-likeness (QED) is 0.567. The van der Waals surface area contributed by atoms with Crippen LogP contribution in [0, 0.1) is 0 Å². The first-order valence-electron chi connectivity index (χ1n) is 6.58. The molecule has 21 heavy (non-hydrogen) atoms. The molecule has 0 unspecified atom stereocenters. The van der Waals surface area contributed by atoms with Crippen molar-refractivity contribution in [3.63, 3.8) is 0 Å². The molecule has 0 saturated carbocycles. The second-order valence-electron chi connectivity index (χ2n) is 4.48. The third-order valence-electron chi connectivity index (χ3n) is 2.74. The molecule has 0 spiro atoms. The van der Waals surface area contributed by atoms with Gasteiger partial charge in [-0.1, -0.05) is 47.8 Å². The maximum Gasteiger partial charge on any atom is 0.219 e. The highest BCUT2D eigenvalue weighted by atomic mass is 35.5. The van der Waals surface area contributed by atoms with Crippen LogP contribution in [-0.2, 0) is 6.54 Å². The van der Waals surface area contributed by atoms with Crippen LogP contribution >= 0.6 is 34.8 Å². The van der Waals surface area contributed by atoms with Crippen LogP contribution in [-0.4, -0.2) is 11.5 Å². The third kappa shape index (κ3) is 4.75. The van der Waals surface area contributed by atoms with Gasteiger partial charge in [-0.15, -0.1) is 0 Å². The summed E-state index contributed by atoms with van der Waals surface area (Å²) in [6.07, 6.45) is 2.87. The van der Waals surface area contributed by atoms with E-state index in [-0.39, 0.29) is 0 Å². The molecule has 0 amide bonds. The van der Waals surface area contributed by atoms with E-state index in [2.05, 4.69) is 17.2 Å². The summed E-state index contributed by atoms with van der Waals surface area (Å²) in [6.45, 7) is 3.90. The fourth-order valence-electron chi connectivity index (χ4n) is 1.68. The lowest BCUT2D eigenvalue weighted by molar-refractivity contribution is 0.462.